The van der Waals surface area contributed by atoms with Crippen molar-refractivity contribution in [2.24, 2.45) is 0 Å². The Morgan fingerprint density at radius 2 is 2.21 bits per heavy atom. The number of ether oxygens (including phenoxy) is 1. The summed E-state index contributed by atoms with van der Waals surface area (Å²) < 4.78 is 4.88. The molecule has 2 aliphatic rings. The number of carbonyl (C=O) groups is 2. The molecule has 14 heavy (non-hydrogen) atoms. The first-order chi connectivity index (χ1) is 6.74. The van der Waals surface area contributed by atoms with Crippen molar-refractivity contribution in [1.82, 2.24) is 10.2 Å². The summed E-state index contributed by atoms with van der Waals surface area (Å²) >= 11 is 0. The van der Waals surface area contributed by atoms with Crippen LogP contribution in [0.5, 0.6) is 0 Å². The van der Waals surface area contributed by atoms with Crippen molar-refractivity contribution in [2.75, 3.05) is 13.7 Å². The maximum absolute atomic E-state index is 11.7. The van der Waals surface area contributed by atoms with E-state index in [1.807, 2.05) is 0 Å². The molecule has 1 aliphatic heterocycles. The molecule has 1 atom stereocenters. The number of carbonyl (C=O) groups excluding carboxylic acids is 2. The van der Waals surface area contributed by atoms with Crippen molar-refractivity contribution >= 4 is 11.9 Å². The maximum Gasteiger partial charge on any atom is 0.325 e. The normalized spacial score (nSPS) is 26.9. The fraction of sp³-hybridized carbons (Fsp3) is 0.778. The minimum absolute atomic E-state index is 0.0884. The molecule has 1 saturated carbocycles. The van der Waals surface area contributed by atoms with Crippen LogP contribution in [0.15, 0.2) is 0 Å². The number of methoxy groups -OCH3 is 1. The summed E-state index contributed by atoms with van der Waals surface area (Å²) in [5, 5.41) is 2.67. The Balaban J connectivity index is 1.96. The zero-order valence-electron chi connectivity index (χ0n) is 8.16. The highest BCUT2D eigenvalue weighted by Gasteiger charge is 2.45. The molecule has 0 spiro atoms. The number of amides is 3. The summed E-state index contributed by atoms with van der Waals surface area (Å²) in [6.07, 6.45) is 2.47. The molecule has 2 fully saturated rings. The number of hydrogen-bond acceptors (Lipinski definition) is 3. The van der Waals surface area contributed by atoms with E-state index in [-0.39, 0.29) is 24.0 Å². The van der Waals surface area contributed by atoms with Gasteiger partial charge in [0.05, 0.1) is 0 Å². The van der Waals surface area contributed by atoms with E-state index >= 15 is 0 Å². The van der Waals surface area contributed by atoms with E-state index < -0.39 is 0 Å². The lowest BCUT2D eigenvalue weighted by Crippen LogP contribution is -2.33. The van der Waals surface area contributed by atoms with E-state index in [1.54, 1.807) is 7.11 Å². The largest absolute Gasteiger partial charge is 0.385 e. The zero-order chi connectivity index (χ0) is 10.1. The quantitative estimate of drug-likeness (QED) is 0.652. The second-order valence-electron chi connectivity index (χ2n) is 3.72. The van der Waals surface area contributed by atoms with Crippen molar-refractivity contribution in [1.29, 1.82) is 0 Å². The van der Waals surface area contributed by atoms with Gasteiger partial charge in [0, 0.05) is 26.2 Å². The number of rotatable bonds is 4. The van der Waals surface area contributed by atoms with Gasteiger partial charge in [-0.25, -0.2) is 4.79 Å². The van der Waals surface area contributed by atoms with Crippen LogP contribution >= 0.6 is 0 Å². The third-order valence-electron chi connectivity index (χ3n) is 2.57. The Morgan fingerprint density at radius 3 is 2.79 bits per heavy atom. The lowest BCUT2D eigenvalue weighted by atomic mass is 10.2. The van der Waals surface area contributed by atoms with E-state index in [1.165, 1.54) is 4.90 Å². The van der Waals surface area contributed by atoms with Crippen LogP contribution in [0.25, 0.3) is 0 Å². The smallest absolute Gasteiger partial charge is 0.325 e. The lowest BCUT2D eigenvalue weighted by Gasteiger charge is -2.10. The molecule has 1 saturated heterocycles. The first kappa shape index (κ1) is 9.45. The van der Waals surface area contributed by atoms with Gasteiger partial charge in [0.25, 0.3) is 5.91 Å². The number of hydrogen-bond donors (Lipinski definition) is 1. The molecule has 2 rings (SSSR count). The molecule has 1 heterocycles. The molecule has 0 aromatic heterocycles. The molecular formula is C9H14N2O3. The van der Waals surface area contributed by atoms with Crippen LogP contribution in [0.4, 0.5) is 4.79 Å². The molecule has 0 aromatic rings. The molecular weight excluding hydrogens is 184 g/mol. The summed E-state index contributed by atoms with van der Waals surface area (Å²) in [5.74, 6) is -0.0884. The van der Waals surface area contributed by atoms with Gasteiger partial charge in [-0.3, -0.25) is 9.69 Å². The molecule has 1 aliphatic carbocycles. The Morgan fingerprint density at radius 1 is 1.50 bits per heavy atom. The minimum Gasteiger partial charge on any atom is -0.385 e. The fourth-order valence-electron chi connectivity index (χ4n) is 1.66. The highest BCUT2D eigenvalue weighted by atomic mass is 16.5. The molecule has 0 bridgehead atoms. The van der Waals surface area contributed by atoms with Gasteiger partial charge >= 0.3 is 6.03 Å². The van der Waals surface area contributed by atoms with Crippen LogP contribution in [0.1, 0.15) is 19.3 Å². The first-order valence-electron chi connectivity index (χ1n) is 4.86. The average molecular weight is 198 g/mol. The van der Waals surface area contributed by atoms with Crippen LogP contribution < -0.4 is 5.32 Å². The molecule has 3 amide bonds. The highest BCUT2D eigenvalue weighted by Crippen LogP contribution is 2.29. The number of urea groups is 1. The number of nitrogens with zero attached hydrogens (tertiary/aromatic N) is 1. The van der Waals surface area contributed by atoms with Crippen molar-refractivity contribution < 1.29 is 14.3 Å². The van der Waals surface area contributed by atoms with E-state index in [4.69, 9.17) is 4.74 Å². The molecule has 5 heteroatoms. The number of nitrogens with one attached hydrogen (secondary N) is 1. The predicted molar refractivity (Wildman–Crippen MR) is 48.7 cm³/mol. The molecule has 1 N–H and O–H groups in total. The molecule has 0 aromatic carbocycles. The topological polar surface area (TPSA) is 58.6 Å². The second kappa shape index (κ2) is 3.57. The van der Waals surface area contributed by atoms with E-state index in [0.29, 0.717) is 13.0 Å². The van der Waals surface area contributed by atoms with Gasteiger partial charge in [-0.05, 0) is 12.8 Å². The third-order valence-corrected chi connectivity index (χ3v) is 2.57. The van der Waals surface area contributed by atoms with Gasteiger partial charge in [-0.2, -0.15) is 0 Å². The second-order valence-corrected chi connectivity index (χ2v) is 3.72. The first-order valence-corrected chi connectivity index (χ1v) is 4.86. The standard InChI is InChI=1S/C9H14N2O3/c1-14-5-4-7-8(12)11(6-2-3-6)9(13)10-7/h6-7H,2-5H2,1H3,(H,10,13). The summed E-state index contributed by atoms with van der Waals surface area (Å²) in [6, 6.07) is -0.448. The van der Waals surface area contributed by atoms with Crippen LogP contribution in [0.2, 0.25) is 0 Å². The van der Waals surface area contributed by atoms with E-state index in [9.17, 15) is 9.59 Å². The maximum atomic E-state index is 11.7. The highest BCUT2D eigenvalue weighted by molar-refractivity contribution is 6.04. The Hall–Kier alpha value is -1.10. The van der Waals surface area contributed by atoms with Gasteiger partial charge in [-0.15, -0.1) is 0 Å². The minimum atomic E-state index is -0.372. The van der Waals surface area contributed by atoms with Crippen LogP contribution in [0.3, 0.4) is 0 Å². The lowest BCUT2D eigenvalue weighted by molar-refractivity contribution is -0.128. The van der Waals surface area contributed by atoms with Crippen molar-refractivity contribution in [2.45, 2.75) is 31.3 Å². The van der Waals surface area contributed by atoms with Crippen LogP contribution in [0, 0.1) is 0 Å². The van der Waals surface area contributed by atoms with Gasteiger partial charge in [0.2, 0.25) is 0 Å². The number of imide groups is 1. The summed E-state index contributed by atoms with van der Waals surface area (Å²) in [4.78, 5) is 24.4. The van der Waals surface area contributed by atoms with Crippen LogP contribution in [-0.2, 0) is 9.53 Å². The van der Waals surface area contributed by atoms with Crippen molar-refractivity contribution in [3.05, 3.63) is 0 Å². The van der Waals surface area contributed by atoms with E-state index in [0.717, 1.165) is 12.8 Å². The summed E-state index contributed by atoms with van der Waals surface area (Å²) in [5.41, 5.74) is 0. The SMILES string of the molecule is COCCC1NC(=O)N(C2CC2)C1=O. The van der Waals surface area contributed by atoms with Crippen LogP contribution in [-0.4, -0.2) is 42.6 Å². The summed E-state index contributed by atoms with van der Waals surface area (Å²) in [7, 11) is 1.58. The van der Waals surface area contributed by atoms with Gasteiger partial charge in [-0.1, -0.05) is 0 Å². The van der Waals surface area contributed by atoms with E-state index in [2.05, 4.69) is 5.32 Å². The summed E-state index contributed by atoms with van der Waals surface area (Å²) in [6.45, 7) is 0.495. The van der Waals surface area contributed by atoms with Crippen molar-refractivity contribution in [3.8, 4) is 0 Å². The van der Waals surface area contributed by atoms with Gasteiger partial charge < -0.3 is 10.1 Å². The molecule has 5 nitrogen and oxygen atoms in total. The average Bonchev–Trinajstić information content (AvgIpc) is 2.92. The Bertz CT molecular complexity index is 263. The zero-order valence-corrected chi connectivity index (χ0v) is 8.16. The molecule has 78 valence electrons. The third kappa shape index (κ3) is 1.59. The van der Waals surface area contributed by atoms with Crippen molar-refractivity contribution in [3.63, 3.8) is 0 Å². The Kier molecular flexibility index (Phi) is 2.41. The van der Waals surface area contributed by atoms with Gasteiger partial charge in [0.15, 0.2) is 0 Å². The fourth-order valence-corrected chi connectivity index (χ4v) is 1.66. The monoisotopic (exact) mass is 198 g/mol. The Labute approximate surface area is 82.4 Å². The molecule has 1 unspecified atom stereocenters. The van der Waals surface area contributed by atoms with Gasteiger partial charge in [0.1, 0.15) is 6.04 Å². The predicted octanol–water partition coefficient (Wildman–Crippen LogP) is 0.106. The molecule has 0 radical (unpaired) electrons.